The largest absolute Gasteiger partial charge is 0.340 e. The summed E-state index contributed by atoms with van der Waals surface area (Å²) in [6.45, 7) is 5.06. The molecule has 0 bridgehead atoms. The van der Waals surface area contributed by atoms with Crippen molar-refractivity contribution in [2.24, 2.45) is 0 Å². The van der Waals surface area contributed by atoms with Gasteiger partial charge in [-0.15, -0.1) is 0 Å². The van der Waals surface area contributed by atoms with E-state index in [9.17, 15) is 4.79 Å². The molecule has 1 atom stereocenters. The average molecular weight is 321 g/mol. The average Bonchev–Trinajstić information content (AvgIpc) is 2.79. The fourth-order valence-electron chi connectivity index (χ4n) is 4.02. The number of aryl methyl sites for hydroxylation is 2. The van der Waals surface area contributed by atoms with Crippen molar-refractivity contribution in [2.45, 2.75) is 25.8 Å². The minimum Gasteiger partial charge on any atom is -0.340 e. The van der Waals surface area contributed by atoms with Gasteiger partial charge in [-0.25, -0.2) is 0 Å². The van der Waals surface area contributed by atoms with Crippen LogP contribution in [0.25, 0.3) is 0 Å². The predicted octanol–water partition coefficient (Wildman–Crippen LogP) is 2.43. The zero-order chi connectivity index (χ0) is 16.5. The van der Waals surface area contributed by atoms with Gasteiger partial charge in [-0.3, -0.25) is 14.7 Å². The first-order valence-corrected chi connectivity index (χ1v) is 8.75. The number of carbonyl (C=O) groups excluding carboxylic acids is 1. The van der Waals surface area contributed by atoms with Gasteiger partial charge in [0.25, 0.3) is 0 Å². The molecule has 0 spiro atoms. The van der Waals surface area contributed by atoms with Gasteiger partial charge in [0.2, 0.25) is 5.91 Å². The Labute approximate surface area is 143 Å². The highest BCUT2D eigenvalue weighted by Gasteiger charge is 2.32. The van der Waals surface area contributed by atoms with Crippen LogP contribution in [-0.4, -0.2) is 46.9 Å². The highest BCUT2D eigenvalue weighted by molar-refractivity contribution is 5.73. The van der Waals surface area contributed by atoms with Crippen LogP contribution >= 0.6 is 0 Å². The number of piperazine rings is 1. The minimum atomic E-state index is 0.175. The predicted molar refractivity (Wildman–Crippen MR) is 93.8 cm³/mol. The molecule has 1 amide bonds. The number of benzene rings is 1. The third kappa shape index (κ3) is 2.71. The number of aromatic nitrogens is 1. The molecule has 124 valence electrons. The SMILES string of the molecule is CC(=O)N1CCN(C2c3ccccc3CCc3cccnc32)CC1. The fourth-order valence-corrected chi connectivity index (χ4v) is 4.02. The normalized spacial score (nSPS) is 20.9. The Morgan fingerprint density at radius 1 is 1.00 bits per heavy atom. The molecule has 4 rings (SSSR count). The van der Waals surface area contributed by atoms with Gasteiger partial charge in [0, 0.05) is 39.3 Å². The molecule has 0 saturated carbocycles. The first-order valence-electron chi connectivity index (χ1n) is 8.75. The number of rotatable bonds is 1. The molecular formula is C20H23N3O. The van der Waals surface area contributed by atoms with Crippen LogP contribution in [-0.2, 0) is 17.6 Å². The summed E-state index contributed by atoms with van der Waals surface area (Å²) in [5.41, 5.74) is 5.35. The van der Waals surface area contributed by atoms with Crippen molar-refractivity contribution < 1.29 is 4.79 Å². The molecule has 2 aliphatic rings. The summed E-state index contributed by atoms with van der Waals surface area (Å²) in [5, 5.41) is 0. The first-order chi connectivity index (χ1) is 11.7. The molecule has 4 heteroatoms. The lowest BCUT2D eigenvalue weighted by Gasteiger charge is -2.39. The summed E-state index contributed by atoms with van der Waals surface area (Å²) in [6, 6.07) is 13.2. The van der Waals surface area contributed by atoms with Crippen LogP contribution in [0.2, 0.25) is 0 Å². The van der Waals surface area contributed by atoms with E-state index in [0.717, 1.165) is 39.0 Å². The van der Waals surface area contributed by atoms with E-state index >= 15 is 0 Å². The Hall–Kier alpha value is -2.20. The Balaban J connectivity index is 1.72. The third-order valence-electron chi connectivity index (χ3n) is 5.32. The van der Waals surface area contributed by atoms with Gasteiger partial charge < -0.3 is 4.90 Å². The van der Waals surface area contributed by atoms with E-state index < -0.39 is 0 Å². The van der Waals surface area contributed by atoms with Crippen molar-refractivity contribution in [2.75, 3.05) is 26.2 Å². The summed E-state index contributed by atoms with van der Waals surface area (Å²) in [6.07, 6.45) is 4.02. The Kier molecular flexibility index (Phi) is 4.07. The number of carbonyl (C=O) groups is 1. The standard InChI is InChI=1S/C20H23N3O/c1-15(24)22-11-13-23(14-12-22)20-18-7-3-2-5-16(18)8-9-17-6-4-10-21-19(17)20/h2-7,10,20H,8-9,11-14H2,1H3. The van der Waals surface area contributed by atoms with Gasteiger partial charge in [0.1, 0.15) is 0 Å². The second-order valence-electron chi connectivity index (χ2n) is 6.69. The molecule has 1 fully saturated rings. The number of hydrogen-bond donors (Lipinski definition) is 0. The summed E-state index contributed by atoms with van der Waals surface area (Å²) >= 11 is 0. The van der Waals surface area contributed by atoms with Crippen molar-refractivity contribution in [3.8, 4) is 0 Å². The Morgan fingerprint density at radius 2 is 1.71 bits per heavy atom. The summed E-state index contributed by atoms with van der Waals surface area (Å²) in [5.74, 6) is 0.175. The maximum absolute atomic E-state index is 11.6. The number of nitrogens with zero attached hydrogens (tertiary/aromatic N) is 3. The van der Waals surface area contributed by atoms with Crippen molar-refractivity contribution in [3.63, 3.8) is 0 Å². The lowest BCUT2D eigenvalue weighted by atomic mass is 9.96. The van der Waals surface area contributed by atoms with Crippen LogP contribution in [0.1, 0.15) is 35.3 Å². The quantitative estimate of drug-likeness (QED) is 0.809. The number of amides is 1. The van der Waals surface area contributed by atoms with Crippen molar-refractivity contribution >= 4 is 5.91 Å². The van der Waals surface area contributed by atoms with Gasteiger partial charge in [0.15, 0.2) is 0 Å². The van der Waals surface area contributed by atoms with Crippen molar-refractivity contribution in [1.82, 2.24) is 14.8 Å². The van der Waals surface area contributed by atoms with E-state index in [-0.39, 0.29) is 11.9 Å². The zero-order valence-electron chi connectivity index (χ0n) is 14.1. The molecule has 1 unspecified atom stereocenters. The van der Waals surface area contributed by atoms with Crippen LogP contribution < -0.4 is 0 Å². The molecular weight excluding hydrogens is 298 g/mol. The van der Waals surface area contributed by atoms with Gasteiger partial charge >= 0.3 is 0 Å². The first kappa shape index (κ1) is 15.3. The van der Waals surface area contributed by atoms with Gasteiger partial charge in [-0.05, 0) is 35.6 Å². The van der Waals surface area contributed by atoms with Crippen molar-refractivity contribution in [3.05, 3.63) is 65.0 Å². The molecule has 1 aliphatic carbocycles. The summed E-state index contributed by atoms with van der Waals surface area (Å²) < 4.78 is 0. The zero-order valence-corrected chi connectivity index (χ0v) is 14.1. The van der Waals surface area contributed by atoms with Crippen LogP contribution in [0.3, 0.4) is 0 Å². The smallest absolute Gasteiger partial charge is 0.219 e. The molecule has 0 radical (unpaired) electrons. The molecule has 1 aromatic heterocycles. The summed E-state index contributed by atoms with van der Waals surface area (Å²) in [7, 11) is 0. The minimum absolute atomic E-state index is 0.175. The maximum Gasteiger partial charge on any atom is 0.219 e. The molecule has 24 heavy (non-hydrogen) atoms. The maximum atomic E-state index is 11.6. The topological polar surface area (TPSA) is 36.4 Å². The van der Waals surface area contributed by atoms with Crippen molar-refractivity contribution in [1.29, 1.82) is 0 Å². The Morgan fingerprint density at radius 3 is 2.50 bits per heavy atom. The molecule has 1 aliphatic heterocycles. The van der Waals surface area contributed by atoms with Gasteiger partial charge in [0.05, 0.1) is 11.7 Å². The molecule has 2 aromatic rings. The molecule has 1 saturated heterocycles. The van der Waals surface area contributed by atoms with E-state index in [1.165, 1.54) is 22.4 Å². The second kappa shape index (κ2) is 6.36. The lowest BCUT2D eigenvalue weighted by molar-refractivity contribution is -0.130. The number of fused-ring (bicyclic) bond motifs is 2. The van der Waals surface area contributed by atoms with E-state index in [0.29, 0.717) is 0 Å². The Bertz CT molecular complexity index is 703. The molecule has 4 nitrogen and oxygen atoms in total. The lowest BCUT2D eigenvalue weighted by Crippen LogP contribution is -2.49. The van der Waals surface area contributed by atoms with E-state index in [2.05, 4.69) is 35.2 Å². The molecule has 1 aromatic carbocycles. The number of hydrogen-bond acceptors (Lipinski definition) is 3. The fraction of sp³-hybridized carbons (Fsp3) is 0.400. The molecule has 2 heterocycles. The highest BCUT2D eigenvalue weighted by Crippen LogP contribution is 2.35. The van der Waals surface area contributed by atoms with Gasteiger partial charge in [-0.1, -0.05) is 30.3 Å². The van der Waals surface area contributed by atoms with E-state index in [1.807, 2.05) is 17.2 Å². The van der Waals surface area contributed by atoms with Crippen LogP contribution in [0, 0.1) is 0 Å². The van der Waals surface area contributed by atoms with E-state index in [1.54, 1.807) is 6.92 Å². The van der Waals surface area contributed by atoms with E-state index in [4.69, 9.17) is 4.98 Å². The van der Waals surface area contributed by atoms with Gasteiger partial charge in [-0.2, -0.15) is 0 Å². The monoisotopic (exact) mass is 321 g/mol. The highest BCUT2D eigenvalue weighted by atomic mass is 16.2. The third-order valence-corrected chi connectivity index (χ3v) is 5.32. The molecule has 0 N–H and O–H groups in total. The van der Waals surface area contributed by atoms with Crippen LogP contribution in [0.5, 0.6) is 0 Å². The number of pyridine rings is 1. The summed E-state index contributed by atoms with van der Waals surface area (Å²) in [4.78, 5) is 20.8. The van der Waals surface area contributed by atoms with Crippen LogP contribution in [0.15, 0.2) is 42.6 Å². The van der Waals surface area contributed by atoms with Crippen LogP contribution in [0.4, 0.5) is 0 Å². The second-order valence-corrected chi connectivity index (χ2v) is 6.69.